The van der Waals surface area contributed by atoms with Gasteiger partial charge in [-0.3, -0.25) is 4.57 Å². The summed E-state index contributed by atoms with van der Waals surface area (Å²) in [5.74, 6) is 0. The molecule has 0 saturated heterocycles. The average Bonchev–Trinajstić information content (AvgIpc) is 2.62. The molecule has 0 radical (unpaired) electrons. The van der Waals surface area contributed by atoms with Crippen molar-refractivity contribution in [2.45, 2.75) is 130 Å². The normalized spacial score (nSPS) is 15.1. The lowest BCUT2D eigenvalue weighted by molar-refractivity contribution is 0.147. The van der Waals surface area contributed by atoms with Crippen molar-refractivity contribution < 1.29 is 13.6 Å². The second-order valence-electron chi connectivity index (χ2n) is 7.76. The van der Waals surface area contributed by atoms with Gasteiger partial charge < -0.3 is 9.05 Å². The monoisotopic (exact) mass is 390 g/mol. The molecule has 0 heterocycles. The molecule has 0 aromatic rings. The van der Waals surface area contributed by atoms with Crippen molar-refractivity contribution in [3.8, 4) is 0 Å². The maximum atomic E-state index is 13.0. The summed E-state index contributed by atoms with van der Waals surface area (Å²) in [5, 5.41) is 0. The van der Waals surface area contributed by atoms with Crippen LogP contribution in [0.5, 0.6) is 0 Å². The number of unbranched alkanes of at least 4 members (excludes halogenated alkanes) is 11. The molecule has 0 spiro atoms. The molecule has 158 valence electrons. The first-order valence-corrected chi connectivity index (χ1v) is 13.2. The Kier molecular flexibility index (Phi) is 18.6. The van der Waals surface area contributed by atoms with Gasteiger partial charge in [0.05, 0.1) is 18.9 Å². The molecule has 0 bridgehead atoms. The summed E-state index contributed by atoms with van der Waals surface area (Å²) in [4.78, 5) is 0. The van der Waals surface area contributed by atoms with Crippen LogP contribution in [0.2, 0.25) is 0 Å². The van der Waals surface area contributed by atoms with Crippen LogP contribution in [-0.4, -0.2) is 18.9 Å². The molecule has 2 atom stereocenters. The molecule has 0 aliphatic carbocycles. The van der Waals surface area contributed by atoms with Crippen LogP contribution in [0, 0.1) is 0 Å². The molecule has 4 heteroatoms. The minimum Gasteiger partial charge on any atom is -0.309 e. The highest BCUT2D eigenvalue weighted by molar-refractivity contribution is 7.53. The van der Waals surface area contributed by atoms with Crippen molar-refractivity contribution in [1.82, 2.24) is 0 Å². The van der Waals surface area contributed by atoms with Gasteiger partial charge in [0.1, 0.15) is 0 Å². The van der Waals surface area contributed by atoms with E-state index < -0.39 is 7.60 Å². The van der Waals surface area contributed by atoms with E-state index in [9.17, 15) is 4.57 Å². The van der Waals surface area contributed by atoms with Gasteiger partial charge in [-0.2, -0.15) is 0 Å². The smallest absolute Gasteiger partial charge is 0.309 e. The lowest BCUT2D eigenvalue weighted by Crippen LogP contribution is -2.10. The van der Waals surface area contributed by atoms with E-state index in [2.05, 4.69) is 20.8 Å². The van der Waals surface area contributed by atoms with Gasteiger partial charge in [-0.1, -0.05) is 97.8 Å². The van der Waals surface area contributed by atoms with Crippen molar-refractivity contribution in [3.63, 3.8) is 0 Å². The molecule has 0 saturated carbocycles. The summed E-state index contributed by atoms with van der Waals surface area (Å²) in [6.07, 6.45) is 18.6. The molecule has 0 fully saturated rings. The highest BCUT2D eigenvalue weighted by Crippen LogP contribution is 2.50. The lowest BCUT2D eigenvalue weighted by atomic mass is 10.1. The molecule has 26 heavy (non-hydrogen) atoms. The molecule has 0 aliphatic heterocycles. The number of hydrogen-bond acceptors (Lipinski definition) is 3. The van der Waals surface area contributed by atoms with Crippen molar-refractivity contribution in [1.29, 1.82) is 0 Å². The van der Waals surface area contributed by atoms with Crippen molar-refractivity contribution in [2.24, 2.45) is 0 Å². The van der Waals surface area contributed by atoms with Gasteiger partial charge in [0, 0.05) is 0 Å². The Balaban J connectivity index is 3.99. The zero-order chi connectivity index (χ0) is 19.5. The zero-order valence-corrected chi connectivity index (χ0v) is 19.2. The van der Waals surface area contributed by atoms with Crippen LogP contribution in [0.3, 0.4) is 0 Å². The zero-order valence-electron chi connectivity index (χ0n) is 18.3. The van der Waals surface area contributed by atoms with E-state index in [1.54, 1.807) is 0 Å². The molecule has 0 aliphatic rings. The summed E-state index contributed by atoms with van der Waals surface area (Å²) >= 11 is 0. The molecule has 2 unspecified atom stereocenters. The molecule has 0 aromatic carbocycles. The first-order chi connectivity index (χ1) is 12.6. The number of hydrogen-bond donors (Lipinski definition) is 0. The van der Waals surface area contributed by atoms with E-state index in [0.29, 0.717) is 12.8 Å². The predicted molar refractivity (Wildman–Crippen MR) is 115 cm³/mol. The minimum absolute atomic E-state index is 0.0353. The fraction of sp³-hybridized carbons (Fsp3) is 1.00. The van der Waals surface area contributed by atoms with E-state index in [4.69, 9.17) is 9.05 Å². The molecular weight excluding hydrogens is 343 g/mol. The van der Waals surface area contributed by atoms with Crippen LogP contribution in [0.15, 0.2) is 0 Å². The maximum absolute atomic E-state index is 13.0. The topological polar surface area (TPSA) is 35.5 Å². The van der Waals surface area contributed by atoms with Crippen LogP contribution >= 0.6 is 7.60 Å². The molecule has 0 amide bonds. The summed E-state index contributed by atoms with van der Waals surface area (Å²) in [6, 6.07) is 0. The quantitative estimate of drug-likeness (QED) is 0.154. The van der Waals surface area contributed by atoms with Crippen LogP contribution in [0.25, 0.3) is 0 Å². The van der Waals surface area contributed by atoms with Crippen LogP contribution in [0.4, 0.5) is 0 Å². The summed E-state index contributed by atoms with van der Waals surface area (Å²) in [6.45, 7) is 9.22. The fourth-order valence-electron chi connectivity index (χ4n) is 3.12. The minimum atomic E-state index is -2.92. The fourth-order valence-corrected chi connectivity index (χ4v) is 5.18. The molecular formula is C22H47O3P. The van der Waals surface area contributed by atoms with Gasteiger partial charge in [0.25, 0.3) is 0 Å². The molecule has 0 N–H and O–H groups in total. The highest BCUT2D eigenvalue weighted by Gasteiger charge is 2.26. The van der Waals surface area contributed by atoms with Crippen molar-refractivity contribution in [3.05, 3.63) is 0 Å². The largest absolute Gasteiger partial charge is 0.330 e. The van der Waals surface area contributed by atoms with Gasteiger partial charge in [0.15, 0.2) is 0 Å². The van der Waals surface area contributed by atoms with Gasteiger partial charge in [-0.15, -0.1) is 0 Å². The predicted octanol–water partition coefficient (Wildman–Crippen LogP) is 8.51. The Bertz CT molecular complexity index is 333. The molecule has 3 nitrogen and oxygen atoms in total. The van der Waals surface area contributed by atoms with Crippen LogP contribution in [0.1, 0.15) is 124 Å². The second-order valence-corrected chi connectivity index (χ2v) is 9.90. The average molecular weight is 391 g/mol. The summed E-state index contributed by atoms with van der Waals surface area (Å²) < 4.78 is 24.8. The third-order valence-corrected chi connectivity index (χ3v) is 7.00. The Morgan fingerprint density at radius 2 is 1.19 bits per heavy atom. The SMILES string of the molecule is CCCCCCCCCCOP(=O)(CCCC)OC(C)CCCCCC. The van der Waals surface area contributed by atoms with E-state index >= 15 is 0 Å². The van der Waals surface area contributed by atoms with Crippen LogP contribution < -0.4 is 0 Å². The van der Waals surface area contributed by atoms with Crippen molar-refractivity contribution in [2.75, 3.05) is 12.8 Å². The Labute approximate surface area is 164 Å². The van der Waals surface area contributed by atoms with Gasteiger partial charge in [-0.25, -0.2) is 0 Å². The molecule has 0 aromatic heterocycles. The highest BCUT2D eigenvalue weighted by atomic mass is 31.2. The number of rotatable bonds is 20. The van der Waals surface area contributed by atoms with E-state index in [1.807, 2.05) is 6.92 Å². The first kappa shape index (κ1) is 26.1. The third kappa shape index (κ3) is 16.3. The summed E-state index contributed by atoms with van der Waals surface area (Å²) in [7, 11) is -2.92. The Morgan fingerprint density at radius 1 is 0.692 bits per heavy atom. The maximum Gasteiger partial charge on any atom is 0.330 e. The lowest BCUT2D eigenvalue weighted by Gasteiger charge is -2.22. The van der Waals surface area contributed by atoms with E-state index in [-0.39, 0.29) is 6.10 Å². The van der Waals surface area contributed by atoms with Gasteiger partial charge in [-0.05, 0) is 26.2 Å². The Morgan fingerprint density at radius 3 is 1.77 bits per heavy atom. The van der Waals surface area contributed by atoms with E-state index in [0.717, 1.165) is 32.1 Å². The van der Waals surface area contributed by atoms with Gasteiger partial charge >= 0.3 is 7.60 Å². The summed E-state index contributed by atoms with van der Waals surface area (Å²) in [5.41, 5.74) is 0. The molecule has 0 rings (SSSR count). The standard InChI is InChI=1S/C22H47O3P/c1-5-8-11-13-14-15-16-18-20-24-26(23,21-10-7-3)25-22(4)19-17-12-9-6-2/h22H,5-21H2,1-4H3. The van der Waals surface area contributed by atoms with Crippen LogP contribution in [-0.2, 0) is 13.6 Å². The van der Waals surface area contributed by atoms with Gasteiger partial charge in [0.2, 0.25) is 0 Å². The third-order valence-electron chi connectivity index (χ3n) is 4.88. The Hall–Kier alpha value is 0.150. The van der Waals surface area contributed by atoms with Crippen molar-refractivity contribution >= 4 is 7.60 Å². The first-order valence-electron chi connectivity index (χ1n) is 11.5. The second kappa shape index (κ2) is 18.5. The van der Waals surface area contributed by atoms with E-state index in [1.165, 1.54) is 64.2 Å².